The van der Waals surface area contributed by atoms with Crippen molar-refractivity contribution in [3.8, 4) is 11.3 Å². The van der Waals surface area contributed by atoms with Crippen molar-refractivity contribution in [1.29, 1.82) is 0 Å². The fourth-order valence-corrected chi connectivity index (χ4v) is 2.27. The molecule has 0 bridgehead atoms. The molecule has 1 N–H and O–H groups in total. The van der Waals surface area contributed by atoms with Crippen LogP contribution in [0.1, 0.15) is 10.4 Å². The molecule has 0 amide bonds. The maximum atomic E-state index is 13.8. The van der Waals surface area contributed by atoms with Gasteiger partial charge < -0.3 is 4.98 Å². The first kappa shape index (κ1) is 13.4. The molecule has 2 aromatic carbocycles. The first-order chi connectivity index (χ1) is 10.0. The van der Waals surface area contributed by atoms with Gasteiger partial charge in [-0.3, -0.25) is 4.79 Å². The molecule has 3 rings (SSSR count). The minimum atomic E-state index is -0.826. The van der Waals surface area contributed by atoms with Crippen molar-refractivity contribution in [1.82, 2.24) is 4.98 Å². The van der Waals surface area contributed by atoms with Crippen molar-refractivity contribution in [3.05, 3.63) is 59.2 Å². The normalized spacial score (nSPS) is 11.0. The van der Waals surface area contributed by atoms with Gasteiger partial charge in [-0.25, -0.2) is 17.6 Å². The van der Waals surface area contributed by atoms with Crippen LogP contribution in [0.15, 0.2) is 30.3 Å². The number of aldehydes is 1. The van der Waals surface area contributed by atoms with E-state index in [9.17, 15) is 22.4 Å². The summed E-state index contributed by atoms with van der Waals surface area (Å²) in [6.07, 6.45) is 0.279. The standard InChI is InChI=1S/C15H7F4NO/c16-7-1-2-10(17)8(5-7)14-9(6-21)13-11(18)3-4-12(19)15(13)20-14/h1-6,20H. The van der Waals surface area contributed by atoms with E-state index in [0.29, 0.717) is 0 Å². The van der Waals surface area contributed by atoms with Crippen LogP contribution in [0.25, 0.3) is 22.2 Å². The third kappa shape index (κ3) is 1.99. The van der Waals surface area contributed by atoms with Crippen LogP contribution < -0.4 is 0 Å². The van der Waals surface area contributed by atoms with Gasteiger partial charge in [-0.05, 0) is 30.3 Å². The van der Waals surface area contributed by atoms with Gasteiger partial charge in [-0.2, -0.15) is 0 Å². The number of hydrogen-bond donors (Lipinski definition) is 1. The largest absolute Gasteiger partial charge is 0.351 e. The highest BCUT2D eigenvalue weighted by Crippen LogP contribution is 2.33. The van der Waals surface area contributed by atoms with Gasteiger partial charge in [0.05, 0.1) is 16.8 Å². The average Bonchev–Trinajstić information content (AvgIpc) is 2.86. The predicted molar refractivity (Wildman–Crippen MR) is 69.0 cm³/mol. The minimum Gasteiger partial charge on any atom is -0.351 e. The summed E-state index contributed by atoms with van der Waals surface area (Å²) in [5.74, 6) is -3.17. The van der Waals surface area contributed by atoms with E-state index in [1.165, 1.54) is 0 Å². The molecule has 0 atom stereocenters. The Morgan fingerprint density at radius 3 is 2.29 bits per heavy atom. The van der Waals surface area contributed by atoms with E-state index in [2.05, 4.69) is 4.98 Å². The van der Waals surface area contributed by atoms with Crippen molar-refractivity contribution in [3.63, 3.8) is 0 Å². The molecule has 3 aromatic rings. The molecule has 106 valence electrons. The van der Waals surface area contributed by atoms with Crippen molar-refractivity contribution in [2.45, 2.75) is 0 Å². The Kier molecular flexibility index (Phi) is 3.01. The number of aromatic nitrogens is 1. The molecule has 0 fully saturated rings. The van der Waals surface area contributed by atoms with E-state index in [4.69, 9.17) is 0 Å². The first-order valence-electron chi connectivity index (χ1n) is 5.93. The second-order valence-electron chi connectivity index (χ2n) is 4.43. The molecule has 0 aliphatic heterocycles. The lowest BCUT2D eigenvalue weighted by atomic mass is 10.1. The molecule has 0 aliphatic carbocycles. The molecule has 0 radical (unpaired) electrons. The number of carbonyl (C=O) groups is 1. The van der Waals surface area contributed by atoms with Crippen LogP contribution in [0.4, 0.5) is 17.6 Å². The maximum Gasteiger partial charge on any atom is 0.152 e. The number of benzene rings is 2. The summed E-state index contributed by atoms with van der Waals surface area (Å²) in [5.41, 5.74) is -0.963. The summed E-state index contributed by atoms with van der Waals surface area (Å²) < 4.78 is 54.6. The Balaban J connectivity index is 2.43. The van der Waals surface area contributed by atoms with Crippen molar-refractivity contribution in [2.24, 2.45) is 0 Å². The van der Waals surface area contributed by atoms with E-state index in [-0.39, 0.29) is 34.0 Å². The molecular weight excluding hydrogens is 286 g/mol. The SMILES string of the molecule is O=Cc1c(-c2cc(F)ccc2F)[nH]c2c(F)ccc(F)c12. The summed E-state index contributed by atoms with van der Waals surface area (Å²) in [5, 5.41) is -0.288. The molecule has 0 spiro atoms. The fraction of sp³-hybridized carbons (Fsp3) is 0. The maximum absolute atomic E-state index is 13.8. The summed E-state index contributed by atoms with van der Waals surface area (Å²) in [6.45, 7) is 0. The fourth-order valence-electron chi connectivity index (χ4n) is 2.27. The topological polar surface area (TPSA) is 32.9 Å². The molecule has 2 nitrogen and oxygen atoms in total. The summed E-state index contributed by atoms with van der Waals surface area (Å²) >= 11 is 0. The molecule has 0 aliphatic rings. The van der Waals surface area contributed by atoms with Crippen molar-refractivity contribution < 1.29 is 22.4 Å². The molecule has 21 heavy (non-hydrogen) atoms. The van der Waals surface area contributed by atoms with Gasteiger partial charge in [0.1, 0.15) is 23.3 Å². The van der Waals surface area contributed by atoms with Gasteiger partial charge in [-0.15, -0.1) is 0 Å². The molecule has 1 heterocycles. The van der Waals surface area contributed by atoms with Gasteiger partial charge in [0.25, 0.3) is 0 Å². The van der Waals surface area contributed by atoms with E-state index in [1.807, 2.05) is 0 Å². The zero-order valence-electron chi connectivity index (χ0n) is 10.4. The van der Waals surface area contributed by atoms with Gasteiger partial charge in [0.2, 0.25) is 0 Å². The van der Waals surface area contributed by atoms with E-state index < -0.39 is 23.3 Å². The Hall–Kier alpha value is -2.63. The lowest BCUT2D eigenvalue weighted by Gasteiger charge is -2.02. The van der Waals surface area contributed by atoms with E-state index in [1.54, 1.807) is 0 Å². The molecule has 6 heteroatoms. The van der Waals surface area contributed by atoms with Gasteiger partial charge in [0, 0.05) is 10.9 Å². The third-order valence-corrected chi connectivity index (χ3v) is 3.21. The van der Waals surface area contributed by atoms with Crippen LogP contribution in [0.5, 0.6) is 0 Å². The lowest BCUT2D eigenvalue weighted by molar-refractivity contribution is 0.112. The number of nitrogens with one attached hydrogen (secondary N) is 1. The minimum absolute atomic E-state index is 0.166. The highest BCUT2D eigenvalue weighted by molar-refractivity contribution is 6.04. The van der Waals surface area contributed by atoms with Crippen LogP contribution >= 0.6 is 0 Å². The number of carbonyl (C=O) groups excluding carboxylic acids is 1. The number of aromatic amines is 1. The second-order valence-corrected chi connectivity index (χ2v) is 4.43. The summed E-state index contributed by atoms with van der Waals surface area (Å²) in [4.78, 5) is 13.7. The molecule has 1 aromatic heterocycles. The van der Waals surface area contributed by atoms with Crippen LogP contribution in [0.3, 0.4) is 0 Å². The van der Waals surface area contributed by atoms with Gasteiger partial charge in [-0.1, -0.05) is 0 Å². The highest BCUT2D eigenvalue weighted by Gasteiger charge is 2.20. The number of H-pyrrole nitrogens is 1. The van der Waals surface area contributed by atoms with Crippen molar-refractivity contribution in [2.75, 3.05) is 0 Å². The van der Waals surface area contributed by atoms with Crippen LogP contribution in [0, 0.1) is 23.3 Å². The predicted octanol–water partition coefficient (Wildman–Crippen LogP) is 4.20. The highest BCUT2D eigenvalue weighted by atomic mass is 19.1. The zero-order valence-corrected chi connectivity index (χ0v) is 10.4. The first-order valence-corrected chi connectivity index (χ1v) is 5.93. The second kappa shape index (κ2) is 4.73. The Bertz CT molecular complexity index is 870. The average molecular weight is 293 g/mol. The number of halogens is 4. The third-order valence-electron chi connectivity index (χ3n) is 3.21. The molecule has 0 saturated heterocycles. The Morgan fingerprint density at radius 2 is 1.57 bits per heavy atom. The van der Waals surface area contributed by atoms with Crippen LogP contribution in [-0.4, -0.2) is 11.3 Å². The number of hydrogen-bond acceptors (Lipinski definition) is 1. The van der Waals surface area contributed by atoms with Crippen LogP contribution in [-0.2, 0) is 0 Å². The Labute approximate surface area is 116 Å². The quantitative estimate of drug-likeness (QED) is 0.557. The number of fused-ring (bicyclic) bond motifs is 1. The Morgan fingerprint density at radius 1 is 0.905 bits per heavy atom. The molecule has 0 unspecified atom stereocenters. The van der Waals surface area contributed by atoms with Crippen molar-refractivity contribution >= 4 is 17.2 Å². The summed E-state index contributed by atoms with van der Waals surface area (Å²) in [6, 6.07) is 4.38. The van der Waals surface area contributed by atoms with E-state index in [0.717, 1.165) is 30.3 Å². The smallest absolute Gasteiger partial charge is 0.152 e. The lowest BCUT2D eigenvalue weighted by Crippen LogP contribution is -1.90. The van der Waals surface area contributed by atoms with E-state index >= 15 is 0 Å². The number of rotatable bonds is 2. The molecular formula is C15H7F4NO. The monoisotopic (exact) mass is 293 g/mol. The zero-order chi connectivity index (χ0) is 15.1. The van der Waals surface area contributed by atoms with Crippen LogP contribution in [0.2, 0.25) is 0 Å². The summed E-state index contributed by atoms with van der Waals surface area (Å²) in [7, 11) is 0. The van der Waals surface area contributed by atoms with Gasteiger partial charge in [0.15, 0.2) is 6.29 Å². The molecule has 0 saturated carbocycles. The van der Waals surface area contributed by atoms with Gasteiger partial charge >= 0.3 is 0 Å².